The molecule has 0 unspecified atom stereocenters. The van der Waals surface area contributed by atoms with Crippen LogP contribution in [0.3, 0.4) is 0 Å². The molecule has 0 amide bonds. The third kappa shape index (κ3) is 3.17. The second-order valence-corrected chi connectivity index (χ2v) is 3.72. The van der Waals surface area contributed by atoms with Gasteiger partial charge in [0.2, 0.25) is 0 Å². The van der Waals surface area contributed by atoms with E-state index in [1.54, 1.807) is 0 Å². The first kappa shape index (κ1) is 10.7. The van der Waals surface area contributed by atoms with Gasteiger partial charge in [0.25, 0.3) is 0 Å². The fourth-order valence-electron chi connectivity index (χ4n) is 1.000. The molecule has 0 saturated heterocycles. The van der Waals surface area contributed by atoms with Crippen LogP contribution in [-0.4, -0.2) is 20.1 Å². The Labute approximate surface area is 85.5 Å². The van der Waals surface area contributed by atoms with Gasteiger partial charge in [-0.25, -0.2) is 0 Å². The van der Waals surface area contributed by atoms with E-state index < -0.39 is 0 Å². The Bertz CT molecular complexity index is 299. The highest BCUT2D eigenvalue weighted by Crippen LogP contribution is 2.18. The molecule has 14 heavy (non-hydrogen) atoms. The fraction of sp³-hybridized carbons (Fsp3) is 0.455. The lowest BCUT2D eigenvalue weighted by Gasteiger charge is -2.11. The number of hydrogen-bond acceptors (Lipinski definition) is 3. The van der Waals surface area contributed by atoms with Gasteiger partial charge in [-0.2, -0.15) is 10.2 Å². The van der Waals surface area contributed by atoms with Crippen molar-refractivity contribution in [1.29, 1.82) is 0 Å². The Morgan fingerprint density at radius 2 is 1.64 bits per heavy atom. The minimum atomic E-state index is 0.253. The van der Waals surface area contributed by atoms with Gasteiger partial charge in [0.05, 0.1) is 11.7 Å². The highest BCUT2D eigenvalue weighted by molar-refractivity contribution is 5.51. The number of benzene rings is 1. The average molecular weight is 191 g/mol. The SMILES string of the molecule is CC(C)N=Nc1ccc(N(C)C)cc1. The molecule has 76 valence electrons. The zero-order chi connectivity index (χ0) is 10.6. The fourth-order valence-corrected chi connectivity index (χ4v) is 1.000. The zero-order valence-corrected chi connectivity index (χ0v) is 9.23. The van der Waals surface area contributed by atoms with E-state index in [4.69, 9.17) is 0 Å². The van der Waals surface area contributed by atoms with Crippen LogP contribution >= 0.6 is 0 Å². The molecule has 0 aliphatic heterocycles. The quantitative estimate of drug-likeness (QED) is 0.674. The normalized spacial score (nSPS) is 11.2. The molecule has 0 aliphatic rings. The van der Waals surface area contributed by atoms with Crippen molar-refractivity contribution in [2.45, 2.75) is 19.9 Å². The van der Waals surface area contributed by atoms with Crippen molar-refractivity contribution in [3.8, 4) is 0 Å². The molecule has 0 spiro atoms. The van der Waals surface area contributed by atoms with E-state index in [0.717, 1.165) is 5.69 Å². The lowest BCUT2D eigenvalue weighted by molar-refractivity contribution is 0.779. The van der Waals surface area contributed by atoms with E-state index in [-0.39, 0.29) is 6.04 Å². The monoisotopic (exact) mass is 191 g/mol. The third-order valence-corrected chi connectivity index (χ3v) is 1.77. The van der Waals surface area contributed by atoms with Crippen LogP contribution < -0.4 is 4.90 Å². The summed E-state index contributed by atoms with van der Waals surface area (Å²) in [4.78, 5) is 2.06. The van der Waals surface area contributed by atoms with E-state index in [9.17, 15) is 0 Å². The molecule has 3 nitrogen and oxygen atoms in total. The summed E-state index contributed by atoms with van der Waals surface area (Å²) in [6.45, 7) is 4.02. The maximum Gasteiger partial charge on any atom is 0.0854 e. The van der Waals surface area contributed by atoms with Crippen LogP contribution in [-0.2, 0) is 0 Å². The Kier molecular flexibility index (Phi) is 3.63. The van der Waals surface area contributed by atoms with Crippen molar-refractivity contribution in [1.82, 2.24) is 0 Å². The largest absolute Gasteiger partial charge is 0.378 e. The van der Waals surface area contributed by atoms with Crippen LogP contribution in [0.25, 0.3) is 0 Å². The van der Waals surface area contributed by atoms with E-state index in [2.05, 4.69) is 15.1 Å². The average Bonchev–Trinajstić information content (AvgIpc) is 2.15. The number of hydrogen-bond donors (Lipinski definition) is 0. The molecule has 0 atom stereocenters. The van der Waals surface area contributed by atoms with Crippen LogP contribution in [0.4, 0.5) is 11.4 Å². The van der Waals surface area contributed by atoms with E-state index >= 15 is 0 Å². The molecule has 3 heteroatoms. The second-order valence-electron chi connectivity index (χ2n) is 3.72. The molecular formula is C11H17N3. The molecule has 0 fully saturated rings. The van der Waals surface area contributed by atoms with Gasteiger partial charge in [-0.3, -0.25) is 0 Å². The van der Waals surface area contributed by atoms with E-state index in [1.165, 1.54) is 5.69 Å². The van der Waals surface area contributed by atoms with Crippen molar-refractivity contribution in [2.75, 3.05) is 19.0 Å². The van der Waals surface area contributed by atoms with Crippen molar-refractivity contribution < 1.29 is 0 Å². The van der Waals surface area contributed by atoms with Gasteiger partial charge in [0, 0.05) is 19.8 Å². The van der Waals surface area contributed by atoms with Crippen LogP contribution in [0.5, 0.6) is 0 Å². The summed E-state index contributed by atoms with van der Waals surface area (Å²) >= 11 is 0. The molecule has 1 rings (SSSR count). The Morgan fingerprint density at radius 3 is 2.07 bits per heavy atom. The molecule has 0 aromatic heterocycles. The molecule has 0 aliphatic carbocycles. The first-order valence-electron chi connectivity index (χ1n) is 4.78. The lowest BCUT2D eigenvalue weighted by atomic mass is 10.3. The number of nitrogens with zero attached hydrogens (tertiary/aromatic N) is 3. The van der Waals surface area contributed by atoms with Gasteiger partial charge in [-0.15, -0.1) is 0 Å². The molecule has 0 bridgehead atoms. The molecule has 1 aromatic rings. The maximum absolute atomic E-state index is 4.11. The summed E-state index contributed by atoms with van der Waals surface area (Å²) < 4.78 is 0. The second kappa shape index (κ2) is 4.74. The smallest absolute Gasteiger partial charge is 0.0854 e. The van der Waals surface area contributed by atoms with Crippen LogP contribution in [0, 0.1) is 0 Å². The predicted octanol–water partition coefficient (Wildman–Crippen LogP) is 3.24. The standard InChI is InChI=1S/C11H17N3/c1-9(2)12-13-10-5-7-11(8-6-10)14(3)4/h5-9H,1-4H3. The van der Waals surface area contributed by atoms with E-state index in [0.29, 0.717) is 0 Å². The minimum absolute atomic E-state index is 0.253. The number of rotatable bonds is 3. The molecule has 0 saturated carbocycles. The third-order valence-electron chi connectivity index (χ3n) is 1.77. The van der Waals surface area contributed by atoms with Gasteiger partial charge in [-0.1, -0.05) is 0 Å². The van der Waals surface area contributed by atoms with Gasteiger partial charge >= 0.3 is 0 Å². The van der Waals surface area contributed by atoms with Crippen LogP contribution in [0.2, 0.25) is 0 Å². The van der Waals surface area contributed by atoms with Crippen molar-refractivity contribution in [3.63, 3.8) is 0 Å². The number of azo groups is 1. The van der Waals surface area contributed by atoms with Crippen LogP contribution in [0.1, 0.15) is 13.8 Å². The first-order chi connectivity index (χ1) is 6.59. The van der Waals surface area contributed by atoms with Gasteiger partial charge in [0.1, 0.15) is 0 Å². The Balaban J connectivity index is 2.73. The zero-order valence-electron chi connectivity index (χ0n) is 9.23. The lowest BCUT2D eigenvalue weighted by Crippen LogP contribution is -2.07. The summed E-state index contributed by atoms with van der Waals surface area (Å²) in [6, 6.07) is 8.27. The maximum atomic E-state index is 4.11. The Morgan fingerprint density at radius 1 is 1.07 bits per heavy atom. The summed E-state index contributed by atoms with van der Waals surface area (Å²) in [5.74, 6) is 0. The molecule has 0 N–H and O–H groups in total. The molecular weight excluding hydrogens is 174 g/mol. The van der Waals surface area contributed by atoms with E-state index in [1.807, 2.05) is 52.2 Å². The highest BCUT2D eigenvalue weighted by atomic mass is 15.1. The van der Waals surface area contributed by atoms with Crippen molar-refractivity contribution >= 4 is 11.4 Å². The van der Waals surface area contributed by atoms with Gasteiger partial charge in [-0.05, 0) is 38.1 Å². The van der Waals surface area contributed by atoms with Crippen molar-refractivity contribution in [2.24, 2.45) is 10.2 Å². The first-order valence-corrected chi connectivity index (χ1v) is 4.78. The summed E-state index contributed by atoms with van der Waals surface area (Å²) in [6.07, 6.45) is 0. The molecule has 0 heterocycles. The van der Waals surface area contributed by atoms with Gasteiger partial charge in [0.15, 0.2) is 0 Å². The summed E-state index contributed by atoms with van der Waals surface area (Å²) in [5, 5.41) is 8.19. The van der Waals surface area contributed by atoms with Crippen molar-refractivity contribution in [3.05, 3.63) is 24.3 Å². The molecule has 1 aromatic carbocycles. The van der Waals surface area contributed by atoms with Gasteiger partial charge < -0.3 is 4.90 Å². The summed E-state index contributed by atoms with van der Waals surface area (Å²) in [5.41, 5.74) is 2.08. The highest BCUT2D eigenvalue weighted by Gasteiger charge is 1.94. The Hall–Kier alpha value is -1.38. The van der Waals surface area contributed by atoms with Crippen LogP contribution in [0.15, 0.2) is 34.5 Å². The summed E-state index contributed by atoms with van der Waals surface area (Å²) in [7, 11) is 4.04. The number of anilines is 1. The topological polar surface area (TPSA) is 28.0 Å². The predicted molar refractivity (Wildman–Crippen MR) is 60.4 cm³/mol. The minimum Gasteiger partial charge on any atom is -0.378 e. The molecule has 0 radical (unpaired) electrons.